The molecule has 0 aliphatic carbocycles. The van der Waals surface area contributed by atoms with Gasteiger partial charge in [0.1, 0.15) is 8.07 Å². The average Bonchev–Trinajstić information content (AvgIpc) is 2.08. The fraction of sp³-hybridized carbons (Fsp3) is 0.692. The predicted octanol–water partition coefficient (Wildman–Crippen LogP) is 4.39. The lowest BCUT2D eigenvalue weighted by molar-refractivity contribution is 0.900. The molecule has 0 amide bonds. The molecule has 0 aromatic heterocycles. The first kappa shape index (κ1) is 13.5. The maximum absolute atomic E-state index is 3.44. The number of rotatable bonds is 4. The van der Waals surface area contributed by atoms with E-state index >= 15 is 0 Å². The number of unbranched alkanes of at least 4 members (excludes halogenated alkanes) is 1. The van der Waals surface area contributed by atoms with Crippen LogP contribution in [-0.4, -0.2) is 8.07 Å². The minimum atomic E-state index is -1.19. The van der Waals surface area contributed by atoms with Gasteiger partial charge in [0.05, 0.1) is 0 Å². The van der Waals surface area contributed by atoms with Crippen LogP contribution in [0.3, 0.4) is 0 Å². The Hall–Kier alpha value is -0.483. The van der Waals surface area contributed by atoms with Gasteiger partial charge < -0.3 is 0 Å². The summed E-state index contributed by atoms with van der Waals surface area (Å²) in [6, 6.07) is 0. The third-order valence-electron chi connectivity index (χ3n) is 1.80. The van der Waals surface area contributed by atoms with E-state index in [0.717, 1.165) is 6.42 Å². The van der Waals surface area contributed by atoms with Crippen molar-refractivity contribution in [3.05, 3.63) is 11.6 Å². The zero-order valence-electron chi connectivity index (χ0n) is 10.4. The Kier molecular flexibility index (Phi) is 6.66. The largest absolute Gasteiger partial charge is 0.129 e. The third kappa shape index (κ3) is 8.13. The van der Waals surface area contributed by atoms with Gasteiger partial charge in [-0.1, -0.05) is 58.3 Å². The SMILES string of the molecule is CCC/C=C(/C#C[Si](C)(C)C)CCC. The predicted molar refractivity (Wildman–Crippen MR) is 69.0 cm³/mol. The molecule has 0 rings (SSSR count). The normalized spacial score (nSPS) is 12.2. The summed E-state index contributed by atoms with van der Waals surface area (Å²) in [6.45, 7) is 11.3. The maximum Gasteiger partial charge on any atom is 0.129 e. The zero-order valence-corrected chi connectivity index (χ0v) is 11.4. The van der Waals surface area contributed by atoms with Gasteiger partial charge in [-0.2, -0.15) is 0 Å². The highest BCUT2D eigenvalue weighted by molar-refractivity contribution is 6.83. The van der Waals surface area contributed by atoms with Crippen LogP contribution >= 0.6 is 0 Å². The van der Waals surface area contributed by atoms with Crippen LogP contribution < -0.4 is 0 Å². The summed E-state index contributed by atoms with van der Waals surface area (Å²) in [5.41, 5.74) is 4.79. The van der Waals surface area contributed by atoms with Crippen molar-refractivity contribution in [1.82, 2.24) is 0 Å². The van der Waals surface area contributed by atoms with Gasteiger partial charge in [-0.3, -0.25) is 0 Å². The van der Waals surface area contributed by atoms with Gasteiger partial charge >= 0.3 is 0 Å². The number of hydrogen-bond donors (Lipinski definition) is 0. The lowest BCUT2D eigenvalue weighted by atomic mass is 10.1. The summed E-state index contributed by atoms with van der Waals surface area (Å²) in [6.07, 6.45) is 7.07. The Balaban J connectivity index is 4.41. The Morgan fingerprint density at radius 1 is 1.14 bits per heavy atom. The van der Waals surface area contributed by atoms with Gasteiger partial charge in [0.15, 0.2) is 0 Å². The van der Waals surface area contributed by atoms with Crippen LogP contribution in [0.5, 0.6) is 0 Å². The molecule has 0 radical (unpaired) electrons. The average molecular weight is 208 g/mol. The Morgan fingerprint density at radius 3 is 2.21 bits per heavy atom. The highest BCUT2D eigenvalue weighted by Crippen LogP contribution is 2.07. The Bertz CT molecular complexity index is 232. The number of hydrogen-bond acceptors (Lipinski definition) is 0. The Labute approximate surface area is 90.8 Å². The smallest absolute Gasteiger partial charge is 0.127 e. The molecular weight excluding hydrogens is 184 g/mol. The summed E-state index contributed by atoms with van der Waals surface area (Å²) in [5, 5.41) is 0. The first-order chi connectivity index (χ1) is 6.49. The first-order valence-electron chi connectivity index (χ1n) is 5.71. The maximum atomic E-state index is 3.44. The van der Waals surface area contributed by atoms with Crippen molar-refractivity contribution in [2.45, 2.75) is 59.2 Å². The van der Waals surface area contributed by atoms with E-state index in [-0.39, 0.29) is 0 Å². The van der Waals surface area contributed by atoms with Crippen LogP contribution in [0, 0.1) is 11.5 Å². The van der Waals surface area contributed by atoms with E-state index in [9.17, 15) is 0 Å². The number of allylic oxidation sites excluding steroid dienone is 2. The molecule has 0 spiro atoms. The van der Waals surface area contributed by atoms with Gasteiger partial charge in [0.2, 0.25) is 0 Å². The second-order valence-electron chi connectivity index (χ2n) is 4.77. The van der Waals surface area contributed by atoms with E-state index in [1.807, 2.05) is 0 Å². The van der Waals surface area contributed by atoms with Crippen LogP contribution in [0.1, 0.15) is 39.5 Å². The first-order valence-corrected chi connectivity index (χ1v) is 9.21. The standard InChI is InChI=1S/C13H24Si/c1-6-8-10-13(9-7-2)11-12-14(3,4)5/h10H,6-9H2,1-5H3/b13-10+. The van der Waals surface area contributed by atoms with Crippen LogP contribution in [-0.2, 0) is 0 Å². The molecule has 0 aromatic carbocycles. The lowest BCUT2D eigenvalue weighted by Crippen LogP contribution is -2.16. The fourth-order valence-corrected chi connectivity index (χ4v) is 1.61. The molecular formula is C13H24Si. The second-order valence-corrected chi connectivity index (χ2v) is 9.52. The molecule has 0 unspecified atom stereocenters. The van der Waals surface area contributed by atoms with Crippen LogP contribution in [0.25, 0.3) is 0 Å². The summed E-state index contributed by atoms with van der Waals surface area (Å²) in [5.74, 6) is 3.37. The summed E-state index contributed by atoms with van der Waals surface area (Å²) in [7, 11) is -1.19. The molecule has 0 aliphatic rings. The molecule has 0 aliphatic heterocycles. The van der Waals surface area contributed by atoms with E-state index in [1.165, 1.54) is 24.8 Å². The molecule has 0 heterocycles. The third-order valence-corrected chi connectivity index (χ3v) is 2.67. The summed E-state index contributed by atoms with van der Waals surface area (Å²) < 4.78 is 0. The fourth-order valence-electron chi connectivity index (χ4n) is 1.07. The molecule has 0 saturated heterocycles. The molecule has 0 bridgehead atoms. The molecule has 0 nitrogen and oxygen atoms in total. The molecule has 0 N–H and O–H groups in total. The molecule has 0 aromatic rings. The molecule has 80 valence electrons. The van der Waals surface area contributed by atoms with Crippen molar-refractivity contribution in [1.29, 1.82) is 0 Å². The lowest BCUT2D eigenvalue weighted by Gasteiger charge is -2.04. The van der Waals surface area contributed by atoms with Gasteiger partial charge in [-0.05, 0) is 18.4 Å². The second kappa shape index (κ2) is 6.90. The monoisotopic (exact) mass is 208 g/mol. The van der Waals surface area contributed by atoms with E-state index in [0.29, 0.717) is 0 Å². The van der Waals surface area contributed by atoms with Crippen molar-refractivity contribution in [3.63, 3.8) is 0 Å². The molecule has 14 heavy (non-hydrogen) atoms. The van der Waals surface area contributed by atoms with Gasteiger partial charge in [-0.15, -0.1) is 5.54 Å². The Morgan fingerprint density at radius 2 is 1.79 bits per heavy atom. The zero-order chi connectivity index (χ0) is 11.0. The van der Waals surface area contributed by atoms with Gasteiger partial charge in [-0.25, -0.2) is 0 Å². The van der Waals surface area contributed by atoms with Crippen molar-refractivity contribution in [2.24, 2.45) is 0 Å². The van der Waals surface area contributed by atoms with Crippen molar-refractivity contribution in [3.8, 4) is 11.5 Å². The highest BCUT2D eigenvalue weighted by atomic mass is 28.3. The molecule has 0 saturated carbocycles. The minimum absolute atomic E-state index is 1.15. The van der Waals surface area contributed by atoms with Gasteiger partial charge in [0, 0.05) is 0 Å². The minimum Gasteiger partial charge on any atom is -0.127 e. The topological polar surface area (TPSA) is 0 Å². The van der Waals surface area contributed by atoms with Crippen molar-refractivity contribution < 1.29 is 0 Å². The molecule has 0 fully saturated rings. The van der Waals surface area contributed by atoms with E-state index in [1.54, 1.807) is 0 Å². The van der Waals surface area contributed by atoms with Crippen molar-refractivity contribution in [2.75, 3.05) is 0 Å². The quantitative estimate of drug-likeness (QED) is 0.475. The van der Waals surface area contributed by atoms with Crippen LogP contribution in [0.15, 0.2) is 11.6 Å². The van der Waals surface area contributed by atoms with Crippen LogP contribution in [0.4, 0.5) is 0 Å². The summed E-state index contributed by atoms with van der Waals surface area (Å²) >= 11 is 0. The van der Waals surface area contributed by atoms with Crippen LogP contribution in [0.2, 0.25) is 19.6 Å². The van der Waals surface area contributed by atoms with E-state index in [4.69, 9.17) is 0 Å². The van der Waals surface area contributed by atoms with Crippen molar-refractivity contribution >= 4 is 8.07 Å². The highest BCUT2D eigenvalue weighted by Gasteiger charge is 2.07. The van der Waals surface area contributed by atoms with E-state index in [2.05, 4.69) is 51.0 Å². The molecule has 0 atom stereocenters. The van der Waals surface area contributed by atoms with Gasteiger partial charge in [0.25, 0.3) is 0 Å². The summed E-state index contributed by atoms with van der Waals surface area (Å²) in [4.78, 5) is 0. The molecule has 1 heteroatoms. The van der Waals surface area contributed by atoms with E-state index < -0.39 is 8.07 Å².